The molecule has 29 valence electrons. The molecule has 0 bridgehead atoms. The molecule has 1 unspecified atom stereocenters. The van der Waals surface area contributed by atoms with Gasteiger partial charge in [0.25, 0.3) is 0 Å². The molecule has 0 heteroatoms. The second-order valence-electron chi connectivity index (χ2n) is 1.74. The second-order valence-corrected chi connectivity index (χ2v) is 1.74. The van der Waals surface area contributed by atoms with Gasteiger partial charge in [0.15, 0.2) is 0 Å². The van der Waals surface area contributed by atoms with Crippen LogP contribution >= 0.6 is 0 Å². The Balaban J connectivity index is 2.50. The lowest BCUT2D eigenvalue weighted by Gasteiger charge is -1.62. The molecule has 1 atom stereocenters. The van der Waals surface area contributed by atoms with Crippen molar-refractivity contribution in [3.05, 3.63) is 30.2 Å². The minimum absolute atomic E-state index is 0.769. The van der Waals surface area contributed by atoms with Crippen LogP contribution < -0.4 is 0 Å². The molecule has 0 nitrogen and oxygen atoms in total. The van der Waals surface area contributed by atoms with Crippen molar-refractivity contribution < 1.29 is 0 Å². The van der Waals surface area contributed by atoms with Crippen molar-refractivity contribution in [2.24, 2.45) is 5.92 Å². The van der Waals surface area contributed by atoms with Crippen molar-refractivity contribution in [2.75, 3.05) is 0 Å². The first-order chi connectivity index (χ1) is 2.97. The third-order valence-electron chi connectivity index (χ3n) is 1.25. The van der Waals surface area contributed by atoms with Gasteiger partial charge < -0.3 is 0 Å². The van der Waals surface area contributed by atoms with Crippen molar-refractivity contribution >= 4 is 0 Å². The van der Waals surface area contributed by atoms with Crippen molar-refractivity contribution in [1.82, 2.24) is 0 Å². The molecule has 2 rings (SSSR count). The average Bonchev–Trinajstić information content (AvgIpc) is 2.17. The van der Waals surface area contributed by atoms with Crippen LogP contribution in [0, 0.1) is 12.3 Å². The highest BCUT2D eigenvalue weighted by Crippen LogP contribution is 2.40. The van der Waals surface area contributed by atoms with Crippen molar-refractivity contribution in [3.8, 4) is 0 Å². The average molecular weight is 77.1 g/mol. The van der Waals surface area contributed by atoms with E-state index in [0.29, 0.717) is 0 Å². The summed E-state index contributed by atoms with van der Waals surface area (Å²) in [6.07, 6.45) is 8.72. The van der Waals surface area contributed by atoms with Crippen molar-refractivity contribution in [3.63, 3.8) is 0 Å². The van der Waals surface area contributed by atoms with Crippen LogP contribution in [-0.4, -0.2) is 0 Å². The van der Waals surface area contributed by atoms with Gasteiger partial charge in [-0.3, -0.25) is 0 Å². The van der Waals surface area contributed by atoms with E-state index in [1.807, 2.05) is 0 Å². The smallest absolute Gasteiger partial charge is 0.00583 e. The van der Waals surface area contributed by atoms with Crippen LogP contribution in [0.2, 0.25) is 0 Å². The molecule has 2 aliphatic carbocycles. The van der Waals surface area contributed by atoms with Crippen LogP contribution in [0.25, 0.3) is 0 Å². The van der Waals surface area contributed by atoms with Gasteiger partial charge in [-0.05, 0) is 6.42 Å². The van der Waals surface area contributed by atoms with Crippen LogP contribution in [0.15, 0.2) is 23.8 Å². The molecule has 1 fully saturated rings. The molecule has 2 aliphatic rings. The summed E-state index contributed by atoms with van der Waals surface area (Å²) in [6.45, 7) is 0. The normalized spacial score (nSPS) is 36.0. The van der Waals surface area contributed by atoms with Crippen LogP contribution in [0.5, 0.6) is 0 Å². The van der Waals surface area contributed by atoms with E-state index in [1.54, 1.807) is 0 Å². The third-order valence-corrected chi connectivity index (χ3v) is 1.25. The maximum Gasteiger partial charge on any atom is 0.00583 e. The Kier molecular flexibility index (Phi) is 0.264. The highest BCUT2D eigenvalue weighted by Gasteiger charge is 2.28. The Morgan fingerprint density at radius 1 is 1.50 bits per heavy atom. The Morgan fingerprint density at radius 3 is 2.67 bits per heavy atom. The Bertz CT molecular complexity index is 129. The monoisotopic (exact) mass is 77.0 g/mol. The Hall–Kier alpha value is -0.520. The van der Waals surface area contributed by atoms with E-state index in [9.17, 15) is 0 Å². The lowest BCUT2D eigenvalue weighted by atomic mass is 10.4. The molecular weight excluding hydrogens is 72.1 g/mol. The van der Waals surface area contributed by atoms with Gasteiger partial charge in [-0.25, -0.2) is 0 Å². The number of hydrogen-bond acceptors (Lipinski definition) is 0. The fourth-order valence-corrected chi connectivity index (χ4v) is 0.779. The van der Waals surface area contributed by atoms with Gasteiger partial charge in [-0.2, -0.15) is 0 Å². The number of fused-ring (bicyclic) bond motifs is 1. The molecule has 1 radical (unpaired) electrons. The first-order valence-electron chi connectivity index (χ1n) is 2.20. The number of hydrogen-bond donors (Lipinski definition) is 0. The highest BCUT2D eigenvalue weighted by atomic mass is 14.3. The first kappa shape index (κ1) is 2.62. The molecule has 0 N–H and O–H groups in total. The summed E-state index contributed by atoms with van der Waals surface area (Å²) in [6, 6.07) is 0. The van der Waals surface area contributed by atoms with E-state index in [1.165, 1.54) is 5.57 Å². The summed E-state index contributed by atoms with van der Waals surface area (Å²) in [7, 11) is 0. The molecule has 0 aliphatic heterocycles. The van der Waals surface area contributed by atoms with Gasteiger partial charge in [0, 0.05) is 5.92 Å². The zero-order valence-electron chi connectivity index (χ0n) is 3.39. The Labute approximate surface area is 37.2 Å². The van der Waals surface area contributed by atoms with Crippen LogP contribution in [-0.2, 0) is 0 Å². The maximum absolute atomic E-state index is 2.25. The minimum Gasteiger partial charge on any atom is -0.0767 e. The third kappa shape index (κ3) is 0.162. The number of allylic oxidation sites excluding steroid dienone is 4. The van der Waals surface area contributed by atoms with Crippen molar-refractivity contribution in [1.29, 1.82) is 0 Å². The van der Waals surface area contributed by atoms with Gasteiger partial charge >= 0.3 is 0 Å². The molecule has 0 saturated heterocycles. The zero-order valence-corrected chi connectivity index (χ0v) is 3.39. The van der Waals surface area contributed by atoms with E-state index in [-0.39, 0.29) is 0 Å². The predicted molar refractivity (Wildman–Crippen MR) is 25.0 cm³/mol. The van der Waals surface area contributed by atoms with E-state index in [2.05, 4.69) is 24.6 Å². The molecule has 0 aromatic rings. The molecular formula is C6H5. The Morgan fingerprint density at radius 2 is 2.50 bits per heavy atom. The topological polar surface area (TPSA) is 0 Å². The van der Waals surface area contributed by atoms with Crippen molar-refractivity contribution in [2.45, 2.75) is 0 Å². The fourth-order valence-electron chi connectivity index (χ4n) is 0.779. The van der Waals surface area contributed by atoms with E-state index in [4.69, 9.17) is 0 Å². The van der Waals surface area contributed by atoms with Gasteiger partial charge in [0.05, 0.1) is 0 Å². The van der Waals surface area contributed by atoms with Gasteiger partial charge in [-0.1, -0.05) is 23.8 Å². The first-order valence-corrected chi connectivity index (χ1v) is 2.20. The van der Waals surface area contributed by atoms with E-state index >= 15 is 0 Å². The minimum atomic E-state index is 0.769. The van der Waals surface area contributed by atoms with Gasteiger partial charge in [-0.15, -0.1) is 0 Å². The predicted octanol–water partition coefficient (Wildman–Crippen LogP) is 1.32. The maximum atomic E-state index is 2.25. The summed E-state index contributed by atoms with van der Waals surface area (Å²) in [4.78, 5) is 0. The molecule has 0 spiro atoms. The van der Waals surface area contributed by atoms with Crippen LogP contribution in [0.3, 0.4) is 0 Å². The van der Waals surface area contributed by atoms with E-state index < -0.39 is 0 Å². The quantitative estimate of drug-likeness (QED) is 0.409. The summed E-state index contributed by atoms with van der Waals surface area (Å²) < 4.78 is 0. The summed E-state index contributed by atoms with van der Waals surface area (Å²) >= 11 is 0. The molecule has 0 amide bonds. The second kappa shape index (κ2) is 0.604. The highest BCUT2D eigenvalue weighted by molar-refractivity contribution is 5.50. The van der Waals surface area contributed by atoms with Gasteiger partial charge in [0.2, 0.25) is 0 Å². The van der Waals surface area contributed by atoms with Crippen LogP contribution in [0.4, 0.5) is 0 Å². The SMILES string of the molecule is [CH]1C2=CC=CC12. The summed E-state index contributed by atoms with van der Waals surface area (Å²) in [5, 5.41) is 0. The molecule has 0 aromatic heterocycles. The fraction of sp³-hybridized carbons (Fsp3) is 0.167. The zero-order chi connectivity index (χ0) is 3.98. The summed E-state index contributed by atoms with van der Waals surface area (Å²) in [5.74, 6) is 0.769. The molecule has 0 aromatic carbocycles. The van der Waals surface area contributed by atoms with Gasteiger partial charge in [0.1, 0.15) is 0 Å². The molecule has 0 heterocycles. The van der Waals surface area contributed by atoms with E-state index in [0.717, 1.165) is 5.92 Å². The lowest BCUT2D eigenvalue weighted by Crippen LogP contribution is -1.51. The largest absolute Gasteiger partial charge is 0.0767 e. The number of rotatable bonds is 0. The molecule has 1 saturated carbocycles. The lowest BCUT2D eigenvalue weighted by molar-refractivity contribution is 1.28. The summed E-state index contributed by atoms with van der Waals surface area (Å²) in [5.41, 5.74) is 1.51. The molecule has 6 heavy (non-hydrogen) atoms. The standard InChI is InChI=1S/C6H5/c1-2-5-4-6(5)3-1/h1-5H. The van der Waals surface area contributed by atoms with Crippen LogP contribution in [0.1, 0.15) is 0 Å².